The molecule has 0 saturated heterocycles. The van der Waals surface area contributed by atoms with Crippen molar-refractivity contribution < 1.29 is 0 Å². The molecule has 0 aliphatic rings. The molecule has 1 aromatic carbocycles. The zero-order valence-corrected chi connectivity index (χ0v) is 12.8. The van der Waals surface area contributed by atoms with Crippen molar-refractivity contribution in [2.24, 2.45) is 0 Å². The van der Waals surface area contributed by atoms with Crippen molar-refractivity contribution in [1.29, 1.82) is 0 Å². The topological polar surface area (TPSA) is 3.24 Å². The Kier molecular flexibility index (Phi) is 7.99. The van der Waals surface area contributed by atoms with Gasteiger partial charge in [0, 0.05) is 18.8 Å². The molecule has 2 heteroatoms. The van der Waals surface area contributed by atoms with Crippen LogP contribution in [0.25, 0.3) is 0 Å². The lowest BCUT2D eigenvalue weighted by atomic mass is 10.1. The van der Waals surface area contributed by atoms with E-state index in [2.05, 4.69) is 55.6 Å². The number of nitrogens with zero attached hydrogens (tertiary/aromatic N) is 1. The lowest BCUT2D eigenvalue weighted by molar-refractivity contribution is 0.676. The summed E-state index contributed by atoms with van der Waals surface area (Å²) in [7, 11) is 0. The zero-order chi connectivity index (χ0) is 13.2. The molecule has 0 aliphatic carbocycles. The summed E-state index contributed by atoms with van der Waals surface area (Å²) in [6.45, 7) is 6.88. The molecule has 1 nitrogen and oxygen atoms in total. The van der Waals surface area contributed by atoms with Crippen LogP contribution >= 0.6 is 12.6 Å². The predicted octanol–water partition coefficient (Wildman–Crippen LogP) is 4.57. The van der Waals surface area contributed by atoms with Gasteiger partial charge in [-0.1, -0.05) is 44.9 Å². The Morgan fingerprint density at radius 3 is 2.17 bits per heavy atom. The van der Waals surface area contributed by atoms with E-state index >= 15 is 0 Å². The smallest absolute Gasteiger partial charge is 0.0399 e. The number of hydrogen-bond acceptors (Lipinski definition) is 2. The molecule has 18 heavy (non-hydrogen) atoms. The summed E-state index contributed by atoms with van der Waals surface area (Å²) in [6.07, 6.45) is 6.14. The van der Waals surface area contributed by atoms with Gasteiger partial charge in [0.25, 0.3) is 0 Å². The zero-order valence-electron chi connectivity index (χ0n) is 11.9. The number of para-hydroxylation sites is 1. The molecule has 0 heterocycles. The Hall–Kier alpha value is -0.630. The summed E-state index contributed by atoms with van der Waals surface area (Å²) in [4.78, 5) is 2.56. The molecular formula is C16H27NS. The molecule has 1 aromatic rings. The van der Waals surface area contributed by atoms with Crippen molar-refractivity contribution in [3.8, 4) is 0 Å². The van der Waals surface area contributed by atoms with E-state index in [4.69, 9.17) is 0 Å². The van der Waals surface area contributed by atoms with Gasteiger partial charge in [0.2, 0.25) is 0 Å². The van der Waals surface area contributed by atoms with Crippen molar-refractivity contribution >= 4 is 18.3 Å². The summed E-state index contributed by atoms with van der Waals surface area (Å²) in [6, 6.07) is 8.81. The third kappa shape index (κ3) is 4.93. The molecule has 0 spiro atoms. The fourth-order valence-electron chi connectivity index (χ4n) is 2.20. The number of thiol groups is 1. The Morgan fingerprint density at radius 2 is 1.61 bits per heavy atom. The van der Waals surface area contributed by atoms with E-state index in [0.29, 0.717) is 0 Å². The second-order valence-corrected chi connectivity index (χ2v) is 5.24. The first-order valence-electron chi connectivity index (χ1n) is 7.27. The Balaban J connectivity index is 2.81. The highest BCUT2D eigenvalue weighted by Crippen LogP contribution is 2.22. The van der Waals surface area contributed by atoms with Crippen LogP contribution in [0.3, 0.4) is 0 Å². The van der Waals surface area contributed by atoms with Gasteiger partial charge in [0.1, 0.15) is 0 Å². The van der Waals surface area contributed by atoms with Crippen LogP contribution in [0, 0.1) is 0 Å². The number of hydrogen-bond donors (Lipinski definition) is 1. The maximum absolute atomic E-state index is 4.37. The largest absolute Gasteiger partial charge is 0.371 e. The number of aryl methyl sites for hydroxylation is 1. The molecule has 0 radical (unpaired) electrons. The number of benzene rings is 1. The molecule has 0 unspecified atom stereocenters. The number of unbranched alkanes of at least 4 members (excludes halogenated alkanes) is 2. The van der Waals surface area contributed by atoms with Crippen LogP contribution in [0.2, 0.25) is 0 Å². The number of anilines is 1. The van der Waals surface area contributed by atoms with Crippen LogP contribution < -0.4 is 4.90 Å². The van der Waals surface area contributed by atoms with E-state index in [1.54, 1.807) is 0 Å². The summed E-state index contributed by atoms with van der Waals surface area (Å²) in [5, 5.41) is 0. The summed E-state index contributed by atoms with van der Waals surface area (Å²) < 4.78 is 0. The average Bonchev–Trinajstić information content (AvgIpc) is 2.40. The molecular weight excluding hydrogens is 238 g/mol. The van der Waals surface area contributed by atoms with E-state index in [1.165, 1.54) is 50.0 Å². The van der Waals surface area contributed by atoms with Crippen LogP contribution in [-0.2, 0) is 6.42 Å². The predicted molar refractivity (Wildman–Crippen MR) is 86.0 cm³/mol. The van der Waals surface area contributed by atoms with Gasteiger partial charge in [-0.05, 0) is 36.6 Å². The fourth-order valence-corrected chi connectivity index (χ4v) is 2.44. The second-order valence-electron chi connectivity index (χ2n) is 4.80. The minimum absolute atomic E-state index is 0.923. The summed E-state index contributed by atoms with van der Waals surface area (Å²) >= 11 is 4.37. The number of rotatable bonds is 9. The monoisotopic (exact) mass is 265 g/mol. The van der Waals surface area contributed by atoms with Gasteiger partial charge >= 0.3 is 0 Å². The normalized spacial score (nSPS) is 10.6. The third-order valence-corrected chi connectivity index (χ3v) is 3.50. The maximum Gasteiger partial charge on any atom is 0.0399 e. The fraction of sp³-hybridized carbons (Fsp3) is 0.625. The van der Waals surface area contributed by atoms with Gasteiger partial charge in [-0.25, -0.2) is 0 Å². The van der Waals surface area contributed by atoms with E-state index in [-0.39, 0.29) is 0 Å². The van der Waals surface area contributed by atoms with Crippen molar-refractivity contribution in [2.75, 3.05) is 23.7 Å². The maximum atomic E-state index is 4.37. The standard InChI is InChI=1S/C16H27NS/c1-3-5-12-17(13-6-4-2)16-10-8-7-9-15(16)11-14-18/h7-10,18H,3-6,11-14H2,1-2H3. The van der Waals surface area contributed by atoms with Crippen LogP contribution in [-0.4, -0.2) is 18.8 Å². The SMILES string of the molecule is CCCCN(CCCC)c1ccccc1CCS. The summed E-state index contributed by atoms with van der Waals surface area (Å²) in [5.41, 5.74) is 2.87. The molecule has 102 valence electrons. The van der Waals surface area contributed by atoms with Crippen LogP contribution in [0.1, 0.15) is 45.1 Å². The van der Waals surface area contributed by atoms with Crippen molar-refractivity contribution in [3.63, 3.8) is 0 Å². The van der Waals surface area contributed by atoms with E-state index in [1.807, 2.05) is 0 Å². The van der Waals surface area contributed by atoms with E-state index in [9.17, 15) is 0 Å². The molecule has 0 aromatic heterocycles. The molecule has 0 amide bonds. The highest BCUT2D eigenvalue weighted by atomic mass is 32.1. The Labute approximate surface area is 118 Å². The van der Waals surface area contributed by atoms with Gasteiger partial charge in [-0.15, -0.1) is 0 Å². The molecule has 1 rings (SSSR count). The van der Waals surface area contributed by atoms with Crippen molar-refractivity contribution in [2.45, 2.75) is 46.0 Å². The quantitative estimate of drug-likeness (QED) is 0.640. The minimum atomic E-state index is 0.923. The minimum Gasteiger partial charge on any atom is -0.371 e. The van der Waals surface area contributed by atoms with Gasteiger partial charge < -0.3 is 4.90 Å². The second kappa shape index (κ2) is 9.32. The molecule has 0 bridgehead atoms. The third-order valence-electron chi connectivity index (χ3n) is 3.28. The average molecular weight is 265 g/mol. The van der Waals surface area contributed by atoms with Crippen LogP contribution in [0.5, 0.6) is 0 Å². The highest BCUT2D eigenvalue weighted by molar-refractivity contribution is 7.80. The molecule has 0 aliphatic heterocycles. The summed E-state index contributed by atoms with van der Waals surface area (Å²) in [5.74, 6) is 0.923. The first-order chi connectivity index (χ1) is 8.83. The Morgan fingerprint density at radius 1 is 1.00 bits per heavy atom. The van der Waals surface area contributed by atoms with Crippen LogP contribution in [0.15, 0.2) is 24.3 Å². The lowest BCUT2D eigenvalue weighted by Crippen LogP contribution is -2.26. The van der Waals surface area contributed by atoms with Gasteiger partial charge in [-0.2, -0.15) is 12.6 Å². The lowest BCUT2D eigenvalue weighted by Gasteiger charge is -2.27. The van der Waals surface area contributed by atoms with Gasteiger partial charge in [0.15, 0.2) is 0 Å². The van der Waals surface area contributed by atoms with Gasteiger partial charge in [-0.3, -0.25) is 0 Å². The highest BCUT2D eigenvalue weighted by Gasteiger charge is 2.09. The van der Waals surface area contributed by atoms with Crippen LogP contribution in [0.4, 0.5) is 5.69 Å². The van der Waals surface area contributed by atoms with Crippen molar-refractivity contribution in [1.82, 2.24) is 0 Å². The molecule has 0 fully saturated rings. The molecule has 0 N–H and O–H groups in total. The Bertz CT molecular complexity index is 317. The first-order valence-corrected chi connectivity index (χ1v) is 7.90. The van der Waals surface area contributed by atoms with E-state index in [0.717, 1.165) is 12.2 Å². The first kappa shape index (κ1) is 15.4. The van der Waals surface area contributed by atoms with Crippen molar-refractivity contribution in [3.05, 3.63) is 29.8 Å². The van der Waals surface area contributed by atoms with E-state index < -0.39 is 0 Å². The van der Waals surface area contributed by atoms with Gasteiger partial charge in [0.05, 0.1) is 0 Å². The molecule has 0 atom stereocenters. The molecule has 0 saturated carbocycles.